The number of aromatic nitrogens is 1. The smallest absolute Gasteiger partial charge is 0.411 e. The van der Waals surface area contributed by atoms with Crippen LogP contribution in [-0.2, 0) is 22.1 Å². The van der Waals surface area contributed by atoms with E-state index in [1.54, 1.807) is 29.7 Å². The van der Waals surface area contributed by atoms with Crippen molar-refractivity contribution in [1.29, 1.82) is 0 Å². The molecule has 0 bridgehead atoms. The summed E-state index contributed by atoms with van der Waals surface area (Å²) in [6.07, 6.45) is 2.13. The SMILES string of the molecule is COCC1(c2ccccc2)CCN([C@@H](C)c2ccc(-c3ccc(=O)n(C)c3)cc2)C(=O)O1. The highest BCUT2D eigenvalue weighted by Crippen LogP contribution is 2.37. The summed E-state index contributed by atoms with van der Waals surface area (Å²) in [4.78, 5) is 26.4. The van der Waals surface area contributed by atoms with Gasteiger partial charge in [-0.2, -0.15) is 0 Å². The monoisotopic (exact) mass is 432 g/mol. The largest absolute Gasteiger partial charge is 0.435 e. The summed E-state index contributed by atoms with van der Waals surface area (Å²) < 4.78 is 13.0. The fourth-order valence-corrected chi connectivity index (χ4v) is 4.28. The minimum atomic E-state index is -0.767. The normalized spacial score (nSPS) is 19.5. The van der Waals surface area contributed by atoms with E-state index in [2.05, 4.69) is 0 Å². The van der Waals surface area contributed by atoms with E-state index < -0.39 is 5.60 Å². The van der Waals surface area contributed by atoms with Crippen molar-refractivity contribution in [2.24, 2.45) is 7.05 Å². The van der Waals surface area contributed by atoms with Crippen molar-refractivity contribution in [2.45, 2.75) is 25.0 Å². The van der Waals surface area contributed by atoms with Gasteiger partial charge in [-0.25, -0.2) is 4.79 Å². The first kappa shape index (κ1) is 21.8. The van der Waals surface area contributed by atoms with Gasteiger partial charge in [0.2, 0.25) is 5.56 Å². The van der Waals surface area contributed by atoms with E-state index in [0.29, 0.717) is 19.6 Å². The van der Waals surface area contributed by atoms with Crippen LogP contribution in [0.25, 0.3) is 11.1 Å². The van der Waals surface area contributed by atoms with Crippen LogP contribution in [0, 0.1) is 0 Å². The van der Waals surface area contributed by atoms with Gasteiger partial charge in [0.1, 0.15) is 0 Å². The van der Waals surface area contributed by atoms with Crippen LogP contribution in [0.3, 0.4) is 0 Å². The molecule has 1 unspecified atom stereocenters. The number of nitrogens with zero attached hydrogens (tertiary/aromatic N) is 2. The van der Waals surface area contributed by atoms with Crippen LogP contribution in [-0.4, -0.2) is 35.8 Å². The van der Waals surface area contributed by atoms with Gasteiger partial charge in [-0.15, -0.1) is 0 Å². The second-order valence-electron chi connectivity index (χ2n) is 8.27. The van der Waals surface area contributed by atoms with E-state index in [1.165, 1.54) is 0 Å². The minimum absolute atomic E-state index is 0.0392. The lowest BCUT2D eigenvalue weighted by molar-refractivity contribution is -0.0964. The maximum atomic E-state index is 13.0. The van der Waals surface area contributed by atoms with Crippen LogP contribution in [0.5, 0.6) is 0 Å². The number of hydrogen-bond donors (Lipinski definition) is 0. The van der Waals surface area contributed by atoms with Crippen LogP contribution in [0.15, 0.2) is 77.7 Å². The maximum Gasteiger partial charge on any atom is 0.411 e. The second kappa shape index (κ2) is 9.01. The van der Waals surface area contributed by atoms with Gasteiger partial charge in [0.15, 0.2) is 5.60 Å². The van der Waals surface area contributed by atoms with Crippen molar-refractivity contribution >= 4 is 6.09 Å². The highest BCUT2D eigenvalue weighted by Gasteiger charge is 2.43. The van der Waals surface area contributed by atoms with Gasteiger partial charge in [-0.1, -0.05) is 54.6 Å². The van der Waals surface area contributed by atoms with Gasteiger partial charge in [0.05, 0.1) is 12.6 Å². The van der Waals surface area contributed by atoms with Crippen LogP contribution in [0.2, 0.25) is 0 Å². The molecule has 0 saturated carbocycles. The third-order valence-electron chi connectivity index (χ3n) is 6.23. The van der Waals surface area contributed by atoms with Gasteiger partial charge in [-0.05, 0) is 35.2 Å². The molecule has 2 aromatic carbocycles. The lowest BCUT2D eigenvalue weighted by Crippen LogP contribution is -2.50. The van der Waals surface area contributed by atoms with Gasteiger partial charge in [0.25, 0.3) is 0 Å². The highest BCUT2D eigenvalue weighted by molar-refractivity contribution is 5.70. The van der Waals surface area contributed by atoms with Crippen molar-refractivity contribution in [3.63, 3.8) is 0 Å². The van der Waals surface area contributed by atoms with Crippen LogP contribution < -0.4 is 5.56 Å². The Balaban J connectivity index is 1.51. The van der Waals surface area contributed by atoms with E-state index in [9.17, 15) is 9.59 Å². The Morgan fingerprint density at radius 1 is 1.00 bits per heavy atom. The van der Waals surface area contributed by atoms with E-state index in [0.717, 1.165) is 22.3 Å². The summed E-state index contributed by atoms with van der Waals surface area (Å²) in [5, 5.41) is 0. The Hall–Kier alpha value is -3.38. The third-order valence-corrected chi connectivity index (χ3v) is 6.23. The number of carbonyl (C=O) groups excluding carboxylic acids is 1. The average molecular weight is 433 g/mol. The molecular formula is C26H28N2O4. The predicted octanol–water partition coefficient (Wildman–Crippen LogP) is 4.50. The number of carbonyl (C=O) groups is 1. The number of cyclic esters (lactones) is 1. The Morgan fingerprint density at radius 3 is 2.31 bits per heavy atom. The minimum Gasteiger partial charge on any atom is -0.435 e. The molecule has 1 aliphatic heterocycles. The maximum absolute atomic E-state index is 13.0. The predicted molar refractivity (Wildman–Crippen MR) is 123 cm³/mol. The Kier molecular flexibility index (Phi) is 6.15. The molecule has 0 aliphatic carbocycles. The molecule has 1 saturated heterocycles. The van der Waals surface area contributed by atoms with Crippen molar-refractivity contribution in [1.82, 2.24) is 9.47 Å². The fraction of sp³-hybridized carbons (Fsp3) is 0.308. The molecule has 2 heterocycles. The number of rotatable bonds is 6. The fourth-order valence-electron chi connectivity index (χ4n) is 4.28. The first-order chi connectivity index (χ1) is 15.4. The zero-order chi connectivity index (χ0) is 22.7. The van der Waals surface area contributed by atoms with E-state index in [1.807, 2.05) is 73.8 Å². The summed E-state index contributed by atoms with van der Waals surface area (Å²) >= 11 is 0. The van der Waals surface area contributed by atoms with Crippen LogP contribution in [0.1, 0.15) is 30.5 Å². The van der Waals surface area contributed by atoms with Crippen molar-refractivity contribution in [3.8, 4) is 11.1 Å². The van der Waals surface area contributed by atoms with E-state index in [4.69, 9.17) is 9.47 Å². The Labute approximate surface area is 188 Å². The molecular weight excluding hydrogens is 404 g/mol. The molecule has 1 aliphatic rings. The summed E-state index contributed by atoms with van der Waals surface area (Å²) in [5.41, 5.74) is 3.15. The van der Waals surface area contributed by atoms with Crippen molar-refractivity contribution in [2.75, 3.05) is 20.3 Å². The summed E-state index contributed by atoms with van der Waals surface area (Å²) in [6.45, 7) is 2.90. The van der Waals surface area contributed by atoms with Gasteiger partial charge < -0.3 is 18.9 Å². The van der Waals surface area contributed by atoms with Gasteiger partial charge in [0, 0.05) is 39.4 Å². The van der Waals surface area contributed by atoms with Gasteiger partial charge >= 0.3 is 6.09 Å². The molecule has 2 atom stereocenters. The molecule has 6 nitrogen and oxygen atoms in total. The van der Waals surface area contributed by atoms with Crippen LogP contribution in [0.4, 0.5) is 4.79 Å². The summed E-state index contributed by atoms with van der Waals surface area (Å²) in [5.74, 6) is 0. The number of benzene rings is 2. The van der Waals surface area contributed by atoms with E-state index in [-0.39, 0.29) is 17.7 Å². The summed E-state index contributed by atoms with van der Waals surface area (Å²) in [7, 11) is 3.36. The zero-order valence-electron chi connectivity index (χ0n) is 18.7. The molecule has 1 aromatic heterocycles. The van der Waals surface area contributed by atoms with Crippen molar-refractivity contribution in [3.05, 3.63) is 94.4 Å². The molecule has 0 N–H and O–H groups in total. The van der Waals surface area contributed by atoms with E-state index >= 15 is 0 Å². The Bertz CT molecular complexity index is 1140. The molecule has 166 valence electrons. The first-order valence-corrected chi connectivity index (χ1v) is 10.7. The number of pyridine rings is 1. The van der Waals surface area contributed by atoms with Gasteiger partial charge in [-0.3, -0.25) is 4.79 Å². The average Bonchev–Trinajstić information content (AvgIpc) is 2.81. The third kappa shape index (κ3) is 4.18. The summed E-state index contributed by atoms with van der Waals surface area (Å²) in [6, 6.07) is 21.1. The number of aryl methyl sites for hydroxylation is 1. The molecule has 0 spiro atoms. The standard InChI is InChI=1S/C26H28N2O4/c1-19(20-9-11-21(12-10-20)22-13-14-24(29)27(2)17-22)28-16-15-26(18-31-3,32-25(28)30)23-7-5-4-6-8-23/h4-14,17,19H,15-16,18H2,1-3H3/t19-,26?/m0/s1. The van der Waals surface area contributed by atoms with Crippen molar-refractivity contribution < 1.29 is 14.3 Å². The van der Waals surface area contributed by atoms with Crippen LogP contribution >= 0.6 is 0 Å². The molecule has 1 fully saturated rings. The number of methoxy groups -OCH3 is 1. The highest BCUT2D eigenvalue weighted by atomic mass is 16.6. The lowest BCUT2D eigenvalue weighted by Gasteiger charge is -2.43. The molecule has 6 heteroatoms. The lowest BCUT2D eigenvalue weighted by atomic mass is 9.89. The Morgan fingerprint density at radius 2 is 1.69 bits per heavy atom. The molecule has 32 heavy (non-hydrogen) atoms. The number of amides is 1. The molecule has 3 aromatic rings. The second-order valence-corrected chi connectivity index (χ2v) is 8.27. The molecule has 0 radical (unpaired) electrons. The number of hydrogen-bond acceptors (Lipinski definition) is 4. The number of ether oxygens (including phenoxy) is 2. The quantitative estimate of drug-likeness (QED) is 0.576. The molecule has 1 amide bonds. The first-order valence-electron chi connectivity index (χ1n) is 10.7. The zero-order valence-corrected chi connectivity index (χ0v) is 18.7. The topological polar surface area (TPSA) is 60.8 Å². The molecule has 4 rings (SSSR count).